The quantitative estimate of drug-likeness (QED) is 0.888. The first-order chi connectivity index (χ1) is 8.95. The van der Waals surface area contributed by atoms with Crippen LogP contribution in [0.2, 0.25) is 0 Å². The lowest BCUT2D eigenvalue weighted by Gasteiger charge is -2.44. The van der Waals surface area contributed by atoms with Crippen molar-refractivity contribution in [3.05, 3.63) is 23.9 Å². The van der Waals surface area contributed by atoms with Crippen LogP contribution in [-0.2, 0) is 11.3 Å². The van der Waals surface area contributed by atoms with E-state index in [2.05, 4.69) is 15.2 Å². The molecular weight excluding hydrogens is 240 g/mol. The molecule has 5 nitrogen and oxygen atoms in total. The molecule has 1 aliphatic heterocycles. The third-order valence-corrected chi connectivity index (χ3v) is 3.82. The van der Waals surface area contributed by atoms with Gasteiger partial charge in [-0.05, 0) is 31.5 Å². The molecule has 0 saturated carbocycles. The van der Waals surface area contributed by atoms with Gasteiger partial charge in [-0.15, -0.1) is 0 Å². The Labute approximate surface area is 114 Å². The standard InChI is InChI=1S/C14H22N4O/c1-14(2)13(19)17(4)7-8-18(14)10-11-5-6-16-12(9-11)15-3/h5-6,9H,7-8,10H2,1-4H3,(H,15,16). The van der Waals surface area contributed by atoms with E-state index >= 15 is 0 Å². The molecule has 0 aromatic carbocycles. The maximum Gasteiger partial charge on any atom is 0.242 e. The minimum atomic E-state index is -0.448. The van der Waals surface area contributed by atoms with Crippen LogP contribution in [-0.4, -0.2) is 53.4 Å². The number of rotatable bonds is 3. The minimum Gasteiger partial charge on any atom is -0.373 e. The predicted octanol–water partition coefficient (Wildman–Crippen LogP) is 1.18. The number of nitrogens with zero attached hydrogens (tertiary/aromatic N) is 3. The van der Waals surface area contributed by atoms with Crippen LogP contribution in [0, 0.1) is 0 Å². The third-order valence-electron chi connectivity index (χ3n) is 3.82. The zero-order valence-electron chi connectivity index (χ0n) is 12.1. The highest BCUT2D eigenvalue weighted by atomic mass is 16.2. The molecular formula is C14H22N4O. The second-order valence-corrected chi connectivity index (χ2v) is 5.51. The number of likely N-dealkylation sites (N-methyl/N-ethyl adjacent to an activating group) is 1. The van der Waals surface area contributed by atoms with Gasteiger partial charge in [0.25, 0.3) is 0 Å². The second kappa shape index (κ2) is 5.17. The van der Waals surface area contributed by atoms with E-state index in [9.17, 15) is 4.79 Å². The van der Waals surface area contributed by atoms with Crippen molar-refractivity contribution >= 4 is 11.7 Å². The lowest BCUT2D eigenvalue weighted by atomic mass is 9.97. The number of carbonyl (C=O) groups excluding carboxylic acids is 1. The molecule has 0 atom stereocenters. The number of piperazine rings is 1. The molecule has 1 fully saturated rings. The molecule has 1 amide bonds. The van der Waals surface area contributed by atoms with Gasteiger partial charge >= 0.3 is 0 Å². The van der Waals surface area contributed by atoms with E-state index in [0.717, 1.165) is 25.5 Å². The normalized spacial score (nSPS) is 19.6. The number of pyridine rings is 1. The SMILES string of the molecule is CNc1cc(CN2CCN(C)C(=O)C2(C)C)ccn1. The summed E-state index contributed by atoms with van der Waals surface area (Å²) < 4.78 is 0. The molecule has 0 aliphatic carbocycles. The number of amides is 1. The molecule has 104 valence electrons. The summed E-state index contributed by atoms with van der Waals surface area (Å²) in [4.78, 5) is 20.5. The van der Waals surface area contributed by atoms with E-state index in [0.29, 0.717) is 0 Å². The maximum atomic E-state index is 12.2. The first kappa shape index (κ1) is 13.8. The number of anilines is 1. The maximum absolute atomic E-state index is 12.2. The van der Waals surface area contributed by atoms with Crippen LogP contribution in [0.1, 0.15) is 19.4 Å². The molecule has 19 heavy (non-hydrogen) atoms. The highest BCUT2D eigenvalue weighted by molar-refractivity contribution is 5.86. The zero-order valence-corrected chi connectivity index (χ0v) is 12.1. The van der Waals surface area contributed by atoms with E-state index in [1.54, 1.807) is 6.20 Å². The molecule has 1 saturated heterocycles. The van der Waals surface area contributed by atoms with Crippen LogP contribution in [0.5, 0.6) is 0 Å². The minimum absolute atomic E-state index is 0.182. The molecule has 0 bridgehead atoms. The first-order valence-electron chi connectivity index (χ1n) is 6.58. The van der Waals surface area contributed by atoms with E-state index in [1.165, 1.54) is 5.56 Å². The van der Waals surface area contributed by atoms with Gasteiger partial charge in [-0.25, -0.2) is 4.98 Å². The molecule has 1 aromatic rings. The number of hydrogen-bond acceptors (Lipinski definition) is 4. The Morgan fingerprint density at radius 1 is 1.42 bits per heavy atom. The van der Waals surface area contributed by atoms with Crippen molar-refractivity contribution in [3.8, 4) is 0 Å². The van der Waals surface area contributed by atoms with Gasteiger partial charge in [0.15, 0.2) is 0 Å². The monoisotopic (exact) mass is 262 g/mol. The Balaban J connectivity index is 2.16. The molecule has 2 heterocycles. The van der Waals surface area contributed by atoms with Gasteiger partial charge in [0.05, 0.1) is 5.54 Å². The van der Waals surface area contributed by atoms with Crippen molar-refractivity contribution in [1.29, 1.82) is 0 Å². The van der Waals surface area contributed by atoms with Crippen LogP contribution in [0.4, 0.5) is 5.82 Å². The summed E-state index contributed by atoms with van der Waals surface area (Å²) in [5.41, 5.74) is 0.723. The van der Waals surface area contributed by atoms with Crippen molar-refractivity contribution in [2.45, 2.75) is 25.9 Å². The fourth-order valence-electron chi connectivity index (χ4n) is 2.46. The van der Waals surface area contributed by atoms with Crippen LogP contribution in [0.25, 0.3) is 0 Å². The Morgan fingerprint density at radius 2 is 2.16 bits per heavy atom. The first-order valence-corrected chi connectivity index (χ1v) is 6.58. The molecule has 5 heteroatoms. The molecule has 1 aliphatic rings. The molecule has 0 unspecified atom stereocenters. The average Bonchev–Trinajstić information content (AvgIpc) is 2.40. The van der Waals surface area contributed by atoms with Gasteiger partial charge in [0.2, 0.25) is 5.91 Å². The Kier molecular flexibility index (Phi) is 3.75. The third kappa shape index (κ3) is 2.71. The summed E-state index contributed by atoms with van der Waals surface area (Å²) >= 11 is 0. The highest BCUT2D eigenvalue weighted by Gasteiger charge is 2.40. The van der Waals surface area contributed by atoms with Crippen LogP contribution in [0.3, 0.4) is 0 Å². The predicted molar refractivity (Wildman–Crippen MR) is 75.9 cm³/mol. The van der Waals surface area contributed by atoms with Crippen molar-refractivity contribution in [3.63, 3.8) is 0 Å². The Morgan fingerprint density at radius 3 is 2.84 bits per heavy atom. The molecule has 2 rings (SSSR count). The largest absolute Gasteiger partial charge is 0.373 e. The van der Waals surface area contributed by atoms with Crippen molar-refractivity contribution < 1.29 is 4.79 Å². The number of nitrogens with one attached hydrogen (secondary N) is 1. The molecule has 0 spiro atoms. The molecule has 1 N–H and O–H groups in total. The van der Waals surface area contributed by atoms with E-state index < -0.39 is 5.54 Å². The lowest BCUT2D eigenvalue weighted by molar-refractivity contribution is -0.147. The Hall–Kier alpha value is -1.62. The summed E-state index contributed by atoms with van der Waals surface area (Å²) in [6, 6.07) is 4.03. The van der Waals surface area contributed by atoms with Gasteiger partial charge in [0, 0.05) is 39.9 Å². The summed E-state index contributed by atoms with van der Waals surface area (Å²) in [5, 5.41) is 3.04. The number of carbonyl (C=O) groups is 1. The van der Waals surface area contributed by atoms with Gasteiger partial charge in [-0.3, -0.25) is 9.69 Å². The summed E-state index contributed by atoms with van der Waals surface area (Å²) in [6.07, 6.45) is 1.80. The van der Waals surface area contributed by atoms with Crippen LogP contribution >= 0.6 is 0 Å². The number of hydrogen-bond donors (Lipinski definition) is 1. The topological polar surface area (TPSA) is 48.5 Å². The van der Waals surface area contributed by atoms with E-state index in [4.69, 9.17) is 0 Å². The van der Waals surface area contributed by atoms with E-state index in [1.807, 2.05) is 45.0 Å². The molecule has 0 radical (unpaired) electrons. The second-order valence-electron chi connectivity index (χ2n) is 5.51. The Bertz CT molecular complexity index is 472. The van der Waals surface area contributed by atoms with Gasteiger partial charge in [-0.2, -0.15) is 0 Å². The van der Waals surface area contributed by atoms with Crippen molar-refractivity contribution in [2.75, 3.05) is 32.5 Å². The smallest absolute Gasteiger partial charge is 0.242 e. The lowest BCUT2D eigenvalue weighted by Crippen LogP contribution is -2.61. The number of aromatic nitrogens is 1. The van der Waals surface area contributed by atoms with Gasteiger partial charge in [-0.1, -0.05) is 0 Å². The van der Waals surface area contributed by atoms with Gasteiger partial charge in [0.1, 0.15) is 5.82 Å². The van der Waals surface area contributed by atoms with Crippen LogP contribution < -0.4 is 5.32 Å². The summed E-state index contributed by atoms with van der Waals surface area (Å²) in [6.45, 7) is 6.43. The van der Waals surface area contributed by atoms with Crippen molar-refractivity contribution in [1.82, 2.24) is 14.8 Å². The molecule has 1 aromatic heterocycles. The average molecular weight is 262 g/mol. The fourth-order valence-corrected chi connectivity index (χ4v) is 2.46. The summed E-state index contributed by atoms with van der Waals surface area (Å²) in [5.74, 6) is 1.04. The summed E-state index contributed by atoms with van der Waals surface area (Å²) in [7, 11) is 3.72. The fraction of sp³-hybridized carbons (Fsp3) is 0.571. The van der Waals surface area contributed by atoms with Crippen molar-refractivity contribution in [2.24, 2.45) is 0 Å². The van der Waals surface area contributed by atoms with Gasteiger partial charge < -0.3 is 10.2 Å². The zero-order chi connectivity index (χ0) is 14.0. The van der Waals surface area contributed by atoms with E-state index in [-0.39, 0.29) is 5.91 Å². The highest BCUT2D eigenvalue weighted by Crippen LogP contribution is 2.24. The van der Waals surface area contributed by atoms with Crippen LogP contribution in [0.15, 0.2) is 18.3 Å².